The van der Waals surface area contributed by atoms with Crippen LogP contribution in [0, 0.1) is 5.92 Å². The lowest BCUT2D eigenvalue weighted by Gasteiger charge is -2.30. The molecule has 1 fully saturated rings. The maximum atomic E-state index is 12.0. The molecule has 2 unspecified atom stereocenters. The number of hydrogen-bond acceptors (Lipinski definition) is 3. The van der Waals surface area contributed by atoms with E-state index in [0.29, 0.717) is 26.1 Å². The van der Waals surface area contributed by atoms with Crippen molar-refractivity contribution in [1.29, 1.82) is 0 Å². The van der Waals surface area contributed by atoms with Gasteiger partial charge in [-0.3, -0.25) is 4.79 Å². The van der Waals surface area contributed by atoms with Gasteiger partial charge in [-0.25, -0.2) is 0 Å². The highest BCUT2D eigenvalue weighted by molar-refractivity contribution is 5.78. The molecule has 1 aliphatic rings. The molecule has 1 amide bonds. The Hall–Kier alpha value is -2.20. The minimum Gasteiger partial charge on any atom is -0.370 e. The van der Waals surface area contributed by atoms with Gasteiger partial charge in [0, 0.05) is 49.7 Å². The van der Waals surface area contributed by atoms with E-state index in [4.69, 9.17) is 5.53 Å². The first-order valence-electron chi connectivity index (χ1n) is 7.18. The summed E-state index contributed by atoms with van der Waals surface area (Å²) in [4.78, 5) is 18.8. The summed E-state index contributed by atoms with van der Waals surface area (Å²) in [7, 11) is 2.04. The molecule has 1 aromatic carbocycles. The van der Waals surface area contributed by atoms with E-state index in [9.17, 15) is 4.79 Å². The molecule has 0 aliphatic carbocycles. The van der Waals surface area contributed by atoms with Gasteiger partial charge in [0.1, 0.15) is 0 Å². The molecule has 112 valence electrons. The van der Waals surface area contributed by atoms with Crippen molar-refractivity contribution in [3.63, 3.8) is 0 Å². The maximum Gasteiger partial charge on any atom is 0.222 e. The standard InChI is InChI=1S/C15H21N5O/c1-12(19(2)14-6-4-3-5-7-14)10-20-11-13(8-15(20)21)9-17-18-16/h3-7,12-13H,8-11H2,1-2H3. The molecule has 0 N–H and O–H groups in total. The van der Waals surface area contributed by atoms with Crippen molar-refractivity contribution in [2.24, 2.45) is 11.0 Å². The molecule has 2 rings (SSSR count). The third kappa shape index (κ3) is 3.89. The first-order valence-corrected chi connectivity index (χ1v) is 7.18. The quantitative estimate of drug-likeness (QED) is 0.458. The zero-order valence-electron chi connectivity index (χ0n) is 12.5. The molecule has 1 aromatic rings. The summed E-state index contributed by atoms with van der Waals surface area (Å²) in [5, 5.41) is 3.58. The fourth-order valence-corrected chi connectivity index (χ4v) is 2.66. The molecule has 1 aliphatic heterocycles. The van der Waals surface area contributed by atoms with Gasteiger partial charge in [0.25, 0.3) is 0 Å². The molecule has 6 nitrogen and oxygen atoms in total. The van der Waals surface area contributed by atoms with Crippen molar-refractivity contribution in [3.8, 4) is 0 Å². The summed E-state index contributed by atoms with van der Waals surface area (Å²) < 4.78 is 0. The Kier molecular flexibility index (Phi) is 5.06. The minimum atomic E-state index is 0.154. The van der Waals surface area contributed by atoms with E-state index in [-0.39, 0.29) is 17.9 Å². The van der Waals surface area contributed by atoms with Crippen LogP contribution in [0.25, 0.3) is 10.4 Å². The van der Waals surface area contributed by atoms with Gasteiger partial charge in [-0.2, -0.15) is 0 Å². The van der Waals surface area contributed by atoms with Crippen molar-refractivity contribution in [3.05, 3.63) is 40.8 Å². The Labute approximate surface area is 125 Å². The first kappa shape index (κ1) is 15.2. The van der Waals surface area contributed by atoms with Gasteiger partial charge >= 0.3 is 0 Å². The Morgan fingerprint density at radius 2 is 2.19 bits per heavy atom. The number of carbonyl (C=O) groups excluding carboxylic acids is 1. The lowest BCUT2D eigenvalue weighted by atomic mass is 10.1. The number of carbonyl (C=O) groups is 1. The van der Waals surface area contributed by atoms with Crippen LogP contribution in [0.15, 0.2) is 35.4 Å². The van der Waals surface area contributed by atoms with E-state index >= 15 is 0 Å². The van der Waals surface area contributed by atoms with Crippen LogP contribution in [0.3, 0.4) is 0 Å². The molecular weight excluding hydrogens is 266 g/mol. The van der Waals surface area contributed by atoms with Crippen LogP contribution in [0.1, 0.15) is 13.3 Å². The molecule has 1 heterocycles. The average molecular weight is 287 g/mol. The van der Waals surface area contributed by atoms with Gasteiger partial charge < -0.3 is 9.80 Å². The summed E-state index contributed by atoms with van der Waals surface area (Å²) in [6, 6.07) is 10.4. The molecule has 0 saturated carbocycles. The SMILES string of the molecule is CC(CN1CC(CN=[N+]=[N-])CC1=O)N(C)c1ccccc1. The zero-order chi connectivity index (χ0) is 15.2. The van der Waals surface area contributed by atoms with Crippen molar-refractivity contribution < 1.29 is 4.79 Å². The Morgan fingerprint density at radius 3 is 2.86 bits per heavy atom. The summed E-state index contributed by atoms with van der Waals surface area (Å²) in [6.45, 7) is 3.89. The second kappa shape index (κ2) is 6.99. The molecule has 1 saturated heterocycles. The van der Waals surface area contributed by atoms with Crippen LogP contribution in [0.4, 0.5) is 5.69 Å². The number of nitrogens with zero attached hydrogens (tertiary/aromatic N) is 5. The van der Waals surface area contributed by atoms with Crippen LogP contribution in [-0.4, -0.2) is 43.5 Å². The highest BCUT2D eigenvalue weighted by atomic mass is 16.2. The smallest absolute Gasteiger partial charge is 0.222 e. The molecule has 0 aromatic heterocycles. The van der Waals surface area contributed by atoms with Gasteiger partial charge in [-0.1, -0.05) is 23.3 Å². The summed E-state index contributed by atoms with van der Waals surface area (Å²) >= 11 is 0. The molecule has 2 atom stereocenters. The number of likely N-dealkylation sites (N-methyl/N-ethyl adjacent to an activating group) is 1. The molecule has 21 heavy (non-hydrogen) atoms. The fourth-order valence-electron chi connectivity index (χ4n) is 2.66. The molecular formula is C15H21N5O. The Balaban J connectivity index is 1.92. The normalized spacial score (nSPS) is 19.2. The monoisotopic (exact) mass is 287 g/mol. The highest BCUT2D eigenvalue weighted by Crippen LogP contribution is 2.21. The first-order chi connectivity index (χ1) is 10.1. The molecule has 6 heteroatoms. The lowest BCUT2D eigenvalue weighted by molar-refractivity contribution is -0.127. The van der Waals surface area contributed by atoms with Crippen LogP contribution in [0.5, 0.6) is 0 Å². The number of likely N-dealkylation sites (tertiary alicyclic amines) is 1. The second-order valence-electron chi connectivity index (χ2n) is 5.58. The van der Waals surface area contributed by atoms with Gasteiger partial charge in [0.05, 0.1) is 0 Å². The summed E-state index contributed by atoms with van der Waals surface area (Å²) in [5.41, 5.74) is 9.50. The minimum absolute atomic E-state index is 0.154. The number of para-hydroxylation sites is 1. The van der Waals surface area contributed by atoms with E-state index in [1.165, 1.54) is 0 Å². The number of hydrogen-bond donors (Lipinski definition) is 0. The van der Waals surface area contributed by atoms with Gasteiger partial charge in [-0.15, -0.1) is 0 Å². The van der Waals surface area contributed by atoms with E-state index in [1.54, 1.807) is 0 Å². The summed E-state index contributed by atoms with van der Waals surface area (Å²) in [5.74, 6) is 0.309. The topological polar surface area (TPSA) is 72.3 Å². The number of anilines is 1. The predicted octanol–water partition coefficient (Wildman–Crippen LogP) is 2.67. The number of benzene rings is 1. The second-order valence-corrected chi connectivity index (χ2v) is 5.58. The van der Waals surface area contributed by atoms with Crippen LogP contribution >= 0.6 is 0 Å². The van der Waals surface area contributed by atoms with Gasteiger partial charge in [0.2, 0.25) is 5.91 Å². The molecule has 0 radical (unpaired) electrons. The van der Waals surface area contributed by atoms with Crippen LogP contribution in [-0.2, 0) is 4.79 Å². The van der Waals surface area contributed by atoms with E-state index in [1.807, 2.05) is 30.1 Å². The predicted molar refractivity (Wildman–Crippen MR) is 83.0 cm³/mol. The lowest BCUT2D eigenvalue weighted by Crippen LogP contribution is -2.41. The molecule has 0 spiro atoms. The van der Waals surface area contributed by atoms with E-state index < -0.39 is 0 Å². The molecule has 0 bridgehead atoms. The Bertz CT molecular complexity index is 526. The highest BCUT2D eigenvalue weighted by Gasteiger charge is 2.30. The third-order valence-electron chi connectivity index (χ3n) is 4.01. The Morgan fingerprint density at radius 1 is 1.48 bits per heavy atom. The number of azide groups is 1. The average Bonchev–Trinajstić information content (AvgIpc) is 2.85. The zero-order valence-corrected chi connectivity index (χ0v) is 12.5. The van der Waals surface area contributed by atoms with Crippen LogP contribution in [0.2, 0.25) is 0 Å². The van der Waals surface area contributed by atoms with E-state index in [2.05, 4.69) is 34.0 Å². The van der Waals surface area contributed by atoms with Gasteiger partial charge in [0.15, 0.2) is 0 Å². The van der Waals surface area contributed by atoms with Crippen molar-refractivity contribution in [1.82, 2.24) is 4.90 Å². The maximum absolute atomic E-state index is 12.0. The van der Waals surface area contributed by atoms with Crippen LogP contribution < -0.4 is 4.90 Å². The third-order valence-corrected chi connectivity index (χ3v) is 4.01. The van der Waals surface area contributed by atoms with Crippen molar-refractivity contribution in [2.45, 2.75) is 19.4 Å². The van der Waals surface area contributed by atoms with Crippen molar-refractivity contribution in [2.75, 3.05) is 31.6 Å². The largest absolute Gasteiger partial charge is 0.370 e. The number of amides is 1. The number of rotatable bonds is 6. The fraction of sp³-hybridized carbons (Fsp3) is 0.533. The van der Waals surface area contributed by atoms with Gasteiger partial charge in [-0.05, 0) is 30.5 Å². The van der Waals surface area contributed by atoms with E-state index in [0.717, 1.165) is 5.69 Å². The summed E-state index contributed by atoms with van der Waals surface area (Å²) in [6.07, 6.45) is 0.487. The van der Waals surface area contributed by atoms with Crippen molar-refractivity contribution >= 4 is 11.6 Å².